The molecular weight excluding hydrogens is 230 g/mol. The van der Waals surface area contributed by atoms with Crippen LogP contribution in [0.25, 0.3) is 0 Å². The van der Waals surface area contributed by atoms with E-state index in [0.29, 0.717) is 26.2 Å². The number of halogens is 2. The van der Waals surface area contributed by atoms with E-state index in [-0.39, 0.29) is 18.4 Å². The highest BCUT2D eigenvalue weighted by Crippen LogP contribution is 2.10. The summed E-state index contributed by atoms with van der Waals surface area (Å²) in [4.78, 5) is 3.80. The largest absolute Gasteiger partial charge is 0.409 e. The van der Waals surface area contributed by atoms with Crippen LogP contribution < -0.4 is 5.73 Å². The van der Waals surface area contributed by atoms with Gasteiger partial charge in [-0.1, -0.05) is 12.1 Å². The molecule has 0 aromatic heterocycles. The maximum absolute atomic E-state index is 12.2. The minimum Gasteiger partial charge on any atom is -0.409 e. The first-order chi connectivity index (χ1) is 8.08. The van der Waals surface area contributed by atoms with E-state index in [2.05, 4.69) is 10.1 Å². The monoisotopic (exact) mass is 250 g/mol. The minimum atomic E-state index is -2.28. The van der Waals surface area contributed by atoms with Crippen LogP contribution in [-0.2, 0) is 0 Å². The Hall–Kier alpha value is -0.950. The lowest BCUT2D eigenvalue weighted by Gasteiger charge is -2.38. The normalized spacial score (nSPS) is 22.0. The van der Waals surface area contributed by atoms with Gasteiger partial charge in [0.25, 0.3) is 6.43 Å². The van der Waals surface area contributed by atoms with E-state index < -0.39 is 6.43 Å². The van der Waals surface area contributed by atoms with Crippen molar-refractivity contribution in [3.8, 4) is 0 Å². The number of nitrogens with zero attached hydrogens (tertiary/aromatic N) is 3. The second kappa shape index (κ2) is 6.70. The van der Waals surface area contributed by atoms with E-state index >= 15 is 0 Å². The second-order valence-corrected chi connectivity index (χ2v) is 4.18. The summed E-state index contributed by atoms with van der Waals surface area (Å²) >= 11 is 0. The van der Waals surface area contributed by atoms with Crippen molar-refractivity contribution in [1.82, 2.24) is 9.80 Å². The van der Waals surface area contributed by atoms with Crippen LogP contribution in [0.1, 0.15) is 13.3 Å². The molecule has 0 amide bonds. The fourth-order valence-corrected chi connectivity index (χ4v) is 2.17. The van der Waals surface area contributed by atoms with Gasteiger partial charge in [0.15, 0.2) is 5.84 Å². The van der Waals surface area contributed by atoms with E-state index in [9.17, 15) is 8.78 Å². The molecule has 0 spiro atoms. The van der Waals surface area contributed by atoms with Gasteiger partial charge < -0.3 is 10.9 Å². The molecule has 7 heteroatoms. The standard InChI is InChI=1S/C10H20F2N4O/c1-2-8(10(13)14-17)16-5-3-15(4-6-16)7-9(11)12/h8-9,17H,2-7H2,1H3,(H2,13,14). The minimum absolute atomic E-state index is 0.103. The molecule has 0 radical (unpaired) electrons. The first-order valence-electron chi connectivity index (χ1n) is 5.80. The van der Waals surface area contributed by atoms with E-state index in [1.165, 1.54) is 0 Å². The van der Waals surface area contributed by atoms with E-state index in [4.69, 9.17) is 10.9 Å². The SMILES string of the molecule is CCC(C(N)=NO)N1CCN(CC(F)F)CC1. The fourth-order valence-electron chi connectivity index (χ4n) is 2.17. The highest BCUT2D eigenvalue weighted by atomic mass is 19.3. The smallest absolute Gasteiger partial charge is 0.251 e. The molecule has 0 saturated carbocycles. The van der Waals surface area contributed by atoms with Crippen molar-refractivity contribution in [2.75, 3.05) is 32.7 Å². The Kier molecular flexibility index (Phi) is 5.57. The summed E-state index contributed by atoms with van der Waals surface area (Å²) in [6.07, 6.45) is -1.54. The van der Waals surface area contributed by atoms with Crippen molar-refractivity contribution in [2.24, 2.45) is 10.9 Å². The number of amidine groups is 1. The Morgan fingerprint density at radius 1 is 1.35 bits per heavy atom. The number of piperazine rings is 1. The third-order valence-electron chi connectivity index (χ3n) is 3.09. The van der Waals surface area contributed by atoms with Crippen LogP contribution in [-0.4, -0.2) is 66.0 Å². The summed E-state index contributed by atoms with van der Waals surface area (Å²) in [7, 11) is 0. The van der Waals surface area contributed by atoms with Crippen molar-refractivity contribution in [1.29, 1.82) is 0 Å². The molecule has 5 nitrogen and oxygen atoms in total. The molecule has 17 heavy (non-hydrogen) atoms. The molecule has 0 bridgehead atoms. The summed E-state index contributed by atoms with van der Waals surface area (Å²) < 4.78 is 24.4. The summed E-state index contributed by atoms with van der Waals surface area (Å²) in [5.41, 5.74) is 5.60. The van der Waals surface area contributed by atoms with Crippen molar-refractivity contribution in [3.05, 3.63) is 0 Å². The van der Waals surface area contributed by atoms with Crippen LogP contribution in [0, 0.1) is 0 Å². The van der Waals surface area contributed by atoms with Crippen LogP contribution >= 0.6 is 0 Å². The topological polar surface area (TPSA) is 65.1 Å². The molecule has 1 saturated heterocycles. The van der Waals surface area contributed by atoms with Crippen LogP contribution in [0.3, 0.4) is 0 Å². The first-order valence-corrected chi connectivity index (χ1v) is 5.80. The summed E-state index contributed by atoms with van der Waals surface area (Å²) in [6.45, 7) is 4.31. The third kappa shape index (κ3) is 4.08. The molecule has 0 aromatic rings. The number of rotatable bonds is 5. The molecule has 0 aromatic carbocycles. The van der Waals surface area contributed by atoms with Gasteiger partial charge in [0.1, 0.15) is 0 Å². The molecule has 1 atom stereocenters. The van der Waals surface area contributed by atoms with Crippen LogP contribution in [0.2, 0.25) is 0 Å². The number of alkyl halides is 2. The van der Waals surface area contributed by atoms with Gasteiger partial charge in [-0.3, -0.25) is 9.80 Å². The quantitative estimate of drug-likeness (QED) is 0.321. The van der Waals surface area contributed by atoms with E-state index in [1.807, 2.05) is 6.92 Å². The molecule has 0 aliphatic carbocycles. The zero-order valence-corrected chi connectivity index (χ0v) is 10.0. The van der Waals surface area contributed by atoms with Gasteiger partial charge in [-0.2, -0.15) is 0 Å². The van der Waals surface area contributed by atoms with Crippen LogP contribution in [0.15, 0.2) is 5.16 Å². The molecule has 1 aliphatic rings. The molecule has 1 aliphatic heterocycles. The van der Waals surface area contributed by atoms with E-state index in [0.717, 1.165) is 6.42 Å². The van der Waals surface area contributed by atoms with Crippen molar-refractivity contribution in [3.63, 3.8) is 0 Å². The Morgan fingerprint density at radius 3 is 2.35 bits per heavy atom. The average Bonchev–Trinajstić information content (AvgIpc) is 2.31. The molecule has 3 N–H and O–H groups in total. The summed E-state index contributed by atoms with van der Waals surface area (Å²) in [5, 5.41) is 11.7. The maximum Gasteiger partial charge on any atom is 0.251 e. The summed E-state index contributed by atoms with van der Waals surface area (Å²) in [5.74, 6) is 0.190. The summed E-state index contributed by atoms with van der Waals surface area (Å²) in [6, 6.07) is -0.103. The highest BCUT2D eigenvalue weighted by Gasteiger charge is 2.26. The molecular formula is C10H20F2N4O. The lowest BCUT2D eigenvalue weighted by Crippen LogP contribution is -2.54. The van der Waals surface area contributed by atoms with Crippen molar-refractivity contribution >= 4 is 5.84 Å². The van der Waals surface area contributed by atoms with Gasteiger partial charge in [0.2, 0.25) is 0 Å². The van der Waals surface area contributed by atoms with Gasteiger partial charge in [-0.15, -0.1) is 0 Å². The first kappa shape index (κ1) is 14.1. The Bertz CT molecular complexity index is 255. The Balaban J connectivity index is 2.45. The van der Waals surface area contributed by atoms with Gasteiger partial charge >= 0.3 is 0 Å². The fraction of sp³-hybridized carbons (Fsp3) is 0.900. The predicted octanol–water partition coefficient (Wildman–Crippen LogP) is 0.394. The van der Waals surface area contributed by atoms with Crippen molar-refractivity contribution < 1.29 is 14.0 Å². The highest BCUT2D eigenvalue weighted by molar-refractivity contribution is 5.85. The third-order valence-corrected chi connectivity index (χ3v) is 3.09. The average molecular weight is 250 g/mol. The van der Waals surface area contributed by atoms with Crippen LogP contribution in [0.5, 0.6) is 0 Å². The zero-order valence-electron chi connectivity index (χ0n) is 10.0. The molecule has 1 rings (SSSR count). The van der Waals surface area contributed by atoms with Crippen molar-refractivity contribution in [2.45, 2.75) is 25.8 Å². The van der Waals surface area contributed by atoms with E-state index in [1.54, 1.807) is 4.90 Å². The zero-order chi connectivity index (χ0) is 12.8. The second-order valence-electron chi connectivity index (χ2n) is 4.18. The molecule has 100 valence electrons. The Labute approximate surface area is 99.9 Å². The van der Waals surface area contributed by atoms with Gasteiger partial charge in [0.05, 0.1) is 12.6 Å². The molecule has 1 heterocycles. The number of oxime groups is 1. The van der Waals surface area contributed by atoms with Gasteiger partial charge in [-0.05, 0) is 6.42 Å². The lowest BCUT2D eigenvalue weighted by molar-refractivity contribution is 0.0505. The maximum atomic E-state index is 12.2. The lowest BCUT2D eigenvalue weighted by atomic mass is 10.1. The number of hydrogen-bond donors (Lipinski definition) is 2. The molecule has 1 unspecified atom stereocenters. The van der Waals surface area contributed by atoms with Gasteiger partial charge in [-0.25, -0.2) is 8.78 Å². The number of nitrogens with two attached hydrogens (primary N) is 1. The molecule has 1 fully saturated rings. The Morgan fingerprint density at radius 2 is 1.94 bits per heavy atom. The van der Waals surface area contributed by atoms with Crippen LogP contribution in [0.4, 0.5) is 8.78 Å². The predicted molar refractivity (Wildman–Crippen MR) is 61.5 cm³/mol. The number of hydrogen-bond acceptors (Lipinski definition) is 4. The van der Waals surface area contributed by atoms with Gasteiger partial charge in [0, 0.05) is 26.2 Å².